The molecule has 1 aromatic carbocycles. The highest BCUT2D eigenvalue weighted by Crippen LogP contribution is 2.13. The minimum atomic E-state index is -2.46. The van der Waals surface area contributed by atoms with Gasteiger partial charge in [-0.25, -0.2) is 18.6 Å². The molecule has 0 aliphatic rings. The second-order valence-electron chi connectivity index (χ2n) is 6.61. The van der Waals surface area contributed by atoms with Crippen molar-refractivity contribution in [3.8, 4) is 0 Å². The number of halogens is 3. The number of guanidine groups is 1. The van der Waals surface area contributed by atoms with Crippen molar-refractivity contribution >= 4 is 41.7 Å². The summed E-state index contributed by atoms with van der Waals surface area (Å²) in [6, 6.07) is 7.35. The Hall–Kier alpha value is -1.65. The SMILES string of the molecule is CCNC(=NCC(F)F)NCCc1ccc(NC(=O)OC(C)(C)C)cc1.I. The number of nitrogens with one attached hydrogen (secondary N) is 3. The minimum Gasteiger partial charge on any atom is -0.444 e. The first kappa shape index (κ1) is 25.4. The number of carbonyl (C=O) groups excluding carboxylic acids is 1. The highest BCUT2D eigenvalue weighted by molar-refractivity contribution is 14.0. The molecule has 0 aliphatic heterocycles. The molecule has 0 aromatic heterocycles. The molecule has 1 aromatic rings. The van der Waals surface area contributed by atoms with Crippen molar-refractivity contribution in [2.75, 3.05) is 25.0 Å². The van der Waals surface area contributed by atoms with Gasteiger partial charge in [0, 0.05) is 18.8 Å². The zero-order valence-corrected chi connectivity index (χ0v) is 18.5. The highest BCUT2D eigenvalue weighted by Gasteiger charge is 2.16. The number of carbonyl (C=O) groups is 1. The molecule has 27 heavy (non-hydrogen) atoms. The molecule has 0 saturated carbocycles. The fourth-order valence-electron chi connectivity index (χ4n) is 2.00. The Balaban J connectivity index is 0.00000676. The van der Waals surface area contributed by atoms with Crippen LogP contribution in [0, 0.1) is 0 Å². The van der Waals surface area contributed by atoms with Gasteiger partial charge in [-0.3, -0.25) is 5.32 Å². The van der Waals surface area contributed by atoms with Crippen LogP contribution in [-0.4, -0.2) is 43.7 Å². The van der Waals surface area contributed by atoms with Gasteiger partial charge in [0.15, 0.2) is 5.96 Å². The minimum absolute atomic E-state index is 0. The smallest absolute Gasteiger partial charge is 0.412 e. The second-order valence-corrected chi connectivity index (χ2v) is 6.61. The molecule has 0 unspecified atom stereocenters. The van der Waals surface area contributed by atoms with Crippen LogP contribution in [0.2, 0.25) is 0 Å². The van der Waals surface area contributed by atoms with Crippen molar-refractivity contribution in [1.29, 1.82) is 0 Å². The summed E-state index contributed by atoms with van der Waals surface area (Å²) in [4.78, 5) is 15.5. The van der Waals surface area contributed by atoms with Gasteiger partial charge in [0.2, 0.25) is 0 Å². The number of anilines is 1. The van der Waals surface area contributed by atoms with Crippen LogP contribution in [0.1, 0.15) is 33.3 Å². The van der Waals surface area contributed by atoms with Gasteiger partial charge in [-0.1, -0.05) is 12.1 Å². The van der Waals surface area contributed by atoms with Gasteiger partial charge >= 0.3 is 6.09 Å². The number of benzene rings is 1. The van der Waals surface area contributed by atoms with Gasteiger partial charge in [0.05, 0.1) is 0 Å². The van der Waals surface area contributed by atoms with Crippen LogP contribution in [0.25, 0.3) is 0 Å². The molecule has 0 bridgehead atoms. The van der Waals surface area contributed by atoms with Gasteiger partial charge in [0.1, 0.15) is 12.1 Å². The van der Waals surface area contributed by atoms with Crippen LogP contribution in [0.4, 0.5) is 19.3 Å². The standard InChI is InChI=1S/C18H28F2N4O2.HI/c1-5-21-16(23-12-15(19)20)22-11-10-13-6-8-14(9-7-13)24-17(25)26-18(2,3)4;/h6-9,15H,5,10-12H2,1-4H3,(H,24,25)(H2,21,22,23);1H. The summed E-state index contributed by atoms with van der Waals surface area (Å²) >= 11 is 0. The molecule has 6 nitrogen and oxygen atoms in total. The Labute approximate surface area is 176 Å². The summed E-state index contributed by atoms with van der Waals surface area (Å²) in [7, 11) is 0. The molecule has 1 rings (SSSR count). The van der Waals surface area contributed by atoms with Gasteiger partial charge in [-0.05, 0) is 51.8 Å². The average molecular weight is 498 g/mol. The summed E-state index contributed by atoms with van der Waals surface area (Å²) < 4.78 is 29.7. The normalized spacial score (nSPS) is 11.6. The van der Waals surface area contributed by atoms with E-state index in [0.717, 1.165) is 5.56 Å². The number of amides is 1. The maximum atomic E-state index is 12.2. The number of aliphatic imine (C=N–C) groups is 1. The fourth-order valence-corrected chi connectivity index (χ4v) is 2.00. The van der Waals surface area contributed by atoms with Crippen LogP contribution in [-0.2, 0) is 11.2 Å². The molecule has 3 N–H and O–H groups in total. The van der Waals surface area contributed by atoms with Crippen molar-refractivity contribution < 1.29 is 18.3 Å². The number of ether oxygens (including phenoxy) is 1. The molecule has 0 fully saturated rings. The molecule has 0 saturated heterocycles. The number of hydrogen-bond donors (Lipinski definition) is 3. The molecular weight excluding hydrogens is 469 g/mol. The largest absolute Gasteiger partial charge is 0.444 e. The van der Waals surface area contributed by atoms with E-state index in [2.05, 4.69) is 20.9 Å². The van der Waals surface area contributed by atoms with Gasteiger partial charge < -0.3 is 15.4 Å². The van der Waals surface area contributed by atoms with E-state index in [9.17, 15) is 13.6 Å². The first-order chi connectivity index (χ1) is 12.2. The van der Waals surface area contributed by atoms with Crippen LogP contribution >= 0.6 is 24.0 Å². The van der Waals surface area contributed by atoms with E-state index in [4.69, 9.17) is 4.74 Å². The van der Waals surface area contributed by atoms with Crippen molar-refractivity contribution in [3.05, 3.63) is 29.8 Å². The Bertz CT molecular complexity index is 590. The molecule has 0 heterocycles. The van der Waals surface area contributed by atoms with E-state index in [1.807, 2.05) is 19.1 Å². The monoisotopic (exact) mass is 498 g/mol. The molecule has 9 heteroatoms. The Morgan fingerprint density at radius 2 is 1.81 bits per heavy atom. The summed E-state index contributed by atoms with van der Waals surface area (Å²) in [5.41, 5.74) is 1.13. The van der Waals surface area contributed by atoms with Gasteiger partial charge in [-0.15, -0.1) is 24.0 Å². The number of hydrogen-bond acceptors (Lipinski definition) is 3. The van der Waals surface area contributed by atoms with Crippen molar-refractivity contribution in [1.82, 2.24) is 10.6 Å². The first-order valence-electron chi connectivity index (χ1n) is 8.59. The van der Waals surface area contributed by atoms with E-state index in [1.165, 1.54) is 0 Å². The van der Waals surface area contributed by atoms with E-state index in [0.29, 0.717) is 31.2 Å². The fraction of sp³-hybridized carbons (Fsp3) is 0.556. The third-order valence-electron chi connectivity index (χ3n) is 3.04. The quantitative estimate of drug-likeness (QED) is 0.302. The Morgan fingerprint density at radius 3 is 2.33 bits per heavy atom. The molecule has 1 amide bonds. The predicted octanol–water partition coefficient (Wildman–Crippen LogP) is 4.01. The Kier molecular flexibility index (Phi) is 11.9. The van der Waals surface area contributed by atoms with E-state index in [-0.39, 0.29) is 24.0 Å². The zero-order valence-electron chi connectivity index (χ0n) is 16.1. The van der Waals surface area contributed by atoms with E-state index < -0.39 is 24.7 Å². The molecular formula is C18H29F2IN4O2. The van der Waals surface area contributed by atoms with Crippen LogP contribution in [0.15, 0.2) is 29.3 Å². The molecule has 154 valence electrons. The molecule has 0 atom stereocenters. The maximum absolute atomic E-state index is 12.2. The highest BCUT2D eigenvalue weighted by atomic mass is 127. The van der Waals surface area contributed by atoms with E-state index in [1.54, 1.807) is 32.9 Å². The second kappa shape index (κ2) is 12.7. The third kappa shape index (κ3) is 12.4. The van der Waals surface area contributed by atoms with Crippen LogP contribution < -0.4 is 16.0 Å². The van der Waals surface area contributed by atoms with Gasteiger partial charge in [-0.2, -0.15) is 0 Å². The third-order valence-corrected chi connectivity index (χ3v) is 3.04. The lowest BCUT2D eigenvalue weighted by molar-refractivity contribution is 0.0636. The molecule has 0 spiro atoms. The first-order valence-corrected chi connectivity index (χ1v) is 8.59. The van der Waals surface area contributed by atoms with Crippen molar-refractivity contribution in [3.63, 3.8) is 0 Å². The zero-order chi connectivity index (χ0) is 19.6. The van der Waals surface area contributed by atoms with Crippen LogP contribution in [0.3, 0.4) is 0 Å². The van der Waals surface area contributed by atoms with Gasteiger partial charge in [0.25, 0.3) is 6.43 Å². The lowest BCUT2D eigenvalue weighted by Crippen LogP contribution is -2.38. The number of rotatable bonds is 7. The average Bonchev–Trinajstić information content (AvgIpc) is 2.52. The summed E-state index contributed by atoms with van der Waals surface area (Å²) in [5.74, 6) is 0.371. The van der Waals surface area contributed by atoms with Crippen molar-refractivity contribution in [2.24, 2.45) is 4.99 Å². The Morgan fingerprint density at radius 1 is 1.19 bits per heavy atom. The summed E-state index contributed by atoms with van der Waals surface area (Å²) in [5, 5.41) is 8.60. The lowest BCUT2D eigenvalue weighted by Gasteiger charge is -2.19. The van der Waals surface area contributed by atoms with E-state index >= 15 is 0 Å². The maximum Gasteiger partial charge on any atom is 0.412 e. The lowest BCUT2D eigenvalue weighted by atomic mass is 10.1. The number of nitrogens with zero attached hydrogens (tertiary/aromatic N) is 1. The topological polar surface area (TPSA) is 74.8 Å². The molecule has 0 aliphatic carbocycles. The van der Waals surface area contributed by atoms with Crippen LogP contribution in [0.5, 0.6) is 0 Å². The number of alkyl halides is 2. The summed E-state index contributed by atoms with van der Waals surface area (Å²) in [6.45, 7) is 7.89. The van der Waals surface area contributed by atoms with Crippen molar-refractivity contribution in [2.45, 2.75) is 46.1 Å². The summed E-state index contributed by atoms with van der Waals surface area (Å²) in [6.07, 6.45) is -2.28. The predicted molar refractivity (Wildman–Crippen MR) is 115 cm³/mol. The molecule has 0 radical (unpaired) electrons.